The molecule has 2 rings (SSSR count). The first kappa shape index (κ1) is 16.1. The SMILES string of the molecule is CC(C(=O)Nc1ccc(Cl)cc1N)N1CCC(CO)CC1. The summed E-state index contributed by atoms with van der Waals surface area (Å²) in [6.07, 6.45) is 1.86. The van der Waals surface area contributed by atoms with Gasteiger partial charge < -0.3 is 16.2 Å². The number of nitrogens with one attached hydrogen (secondary N) is 1. The van der Waals surface area contributed by atoms with E-state index >= 15 is 0 Å². The van der Waals surface area contributed by atoms with Gasteiger partial charge in [-0.2, -0.15) is 0 Å². The predicted octanol–water partition coefficient (Wildman–Crippen LogP) is 1.95. The van der Waals surface area contributed by atoms with Crippen molar-refractivity contribution in [1.29, 1.82) is 0 Å². The summed E-state index contributed by atoms with van der Waals surface area (Å²) in [6.45, 7) is 3.78. The molecule has 1 saturated heterocycles. The molecule has 0 bridgehead atoms. The van der Waals surface area contributed by atoms with Gasteiger partial charge in [-0.05, 0) is 57.0 Å². The molecule has 0 radical (unpaired) electrons. The highest BCUT2D eigenvalue weighted by molar-refractivity contribution is 6.31. The second-order valence-electron chi connectivity index (χ2n) is 5.56. The molecule has 0 spiro atoms. The van der Waals surface area contributed by atoms with Crippen LogP contribution in [0.15, 0.2) is 18.2 Å². The highest BCUT2D eigenvalue weighted by Gasteiger charge is 2.26. The predicted molar refractivity (Wildman–Crippen MR) is 85.3 cm³/mol. The zero-order valence-corrected chi connectivity index (χ0v) is 12.9. The molecule has 6 heteroatoms. The van der Waals surface area contributed by atoms with Crippen molar-refractivity contribution in [3.8, 4) is 0 Å². The Hall–Kier alpha value is -1.30. The number of carbonyl (C=O) groups is 1. The van der Waals surface area contributed by atoms with E-state index in [2.05, 4.69) is 10.2 Å². The number of hydrogen-bond donors (Lipinski definition) is 3. The number of piperidine rings is 1. The number of aliphatic hydroxyl groups is 1. The summed E-state index contributed by atoms with van der Waals surface area (Å²) in [4.78, 5) is 14.4. The molecule has 1 aliphatic heterocycles. The average Bonchev–Trinajstić information content (AvgIpc) is 2.49. The van der Waals surface area contributed by atoms with Crippen molar-refractivity contribution in [3.05, 3.63) is 23.2 Å². The lowest BCUT2D eigenvalue weighted by Gasteiger charge is -2.34. The molecular weight excluding hydrogens is 290 g/mol. The molecule has 1 aromatic rings. The number of benzene rings is 1. The number of carbonyl (C=O) groups excluding carboxylic acids is 1. The number of halogens is 1. The van der Waals surface area contributed by atoms with Crippen LogP contribution in [0.5, 0.6) is 0 Å². The maximum Gasteiger partial charge on any atom is 0.241 e. The fourth-order valence-corrected chi connectivity index (χ4v) is 2.75. The van der Waals surface area contributed by atoms with Gasteiger partial charge in [0.25, 0.3) is 0 Å². The molecule has 116 valence electrons. The van der Waals surface area contributed by atoms with Gasteiger partial charge in [-0.15, -0.1) is 0 Å². The molecule has 1 aromatic carbocycles. The molecule has 21 heavy (non-hydrogen) atoms. The summed E-state index contributed by atoms with van der Waals surface area (Å²) in [5, 5.41) is 12.5. The topological polar surface area (TPSA) is 78.6 Å². The molecule has 0 saturated carbocycles. The quantitative estimate of drug-likeness (QED) is 0.743. The lowest BCUT2D eigenvalue weighted by Crippen LogP contribution is -2.46. The Morgan fingerprint density at radius 3 is 2.76 bits per heavy atom. The Labute approximate surface area is 130 Å². The van der Waals surface area contributed by atoms with Gasteiger partial charge in [0.15, 0.2) is 0 Å². The Kier molecular flexibility index (Phi) is 5.45. The second-order valence-corrected chi connectivity index (χ2v) is 6.00. The van der Waals surface area contributed by atoms with Crippen molar-refractivity contribution in [1.82, 2.24) is 4.90 Å². The second kappa shape index (κ2) is 7.11. The molecular formula is C15H22ClN3O2. The maximum absolute atomic E-state index is 12.3. The first-order valence-corrected chi connectivity index (χ1v) is 7.60. The van der Waals surface area contributed by atoms with Gasteiger partial charge in [0.1, 0.15) is 0 Å². The van der Waals surface area contributed by atoms with E-state index in [-0.39, 0.29) is 18.6 Å². The highest BCUT2D eigenvalue weighted by Crippen LogP contribution is 2.24. The number of amides is 1. The van der Waals surface area contributed by atoms with Gasteiger partial charge in [-0.1, -0.05) is 11.6 Å². The van der Waals surface area contributed by atoms with E-state index in [0.29, 0.717) is 22.3 Å². The van der Waals surface area contributed by atoms with Gasteiger partial charge >= 0.3 is 0 Å². The van der Waals surface area contributed by atoms with Gasteiger partial charge in [-0.3, -0.25) is 9.69 Å². The normalized spacial score (nSPS) is 18.4. The van der Waals surface area contributed by atoms with Crippen LogP contribution in [0.3, 0.4) is 0 Å². The third-order valence-corrected chi connectivity index (χ3v) is 4.34. The average molecular weight is 312 g/mol. The Morgan fingerprint density at radius 1 is 1.52 bits per heavy atom. The standard InChI is InChI=1S/C15H22ClN3O2/c1-10(19-6-4-11(9-20)5-7-19)15(21)18-14-3-2-12(16)8-13(14)17/h2-3,8,10-11,20H,4-7,9,17H2,1H3,(H,18,21). The van der Waals surface area contributed by atoms with Crippen LogP contribution in [0.4, 0.5) is 11.4 Å². The van der Waals surface area contributed by atoms with E-state index in [9.17, 15) is 4.79 Å². The molecule has 1 unspecified atom stereocenters. The van der Waals surface area contributed by atoms with Crippen molar-refractivity contribution >= 4 is 28.9 Å². The van der Waals surface area contributed by atoms with Crippen LogP contribution in [0, 0.1) is 5.92 Å². The monoisotopic (exact) mass is 311 g/mol. The third-order valence-electron chi connectivity index (χ3n) is 4.11. The largest absolute Gasteiger partial charge is 0.397 e. The first-order chi connectivity index (χ1) is 10.0. The summed E-state index contributed by atoms with van der Waals surface area (Å²) < 4.78 is 0. The Balaban J connectivity index is 1.93. The number of nitrogens with two attached hydrogens (primary N) is 1. The number of likely N-dealkylation sites (tertiary alicyclic amines) is 1. The Bertz CT molecular complexity index is 502. The molecule has 5 nitrogen and oxygen atoms in total. The molecule has 1 fully saturated rings. The van der Waals surface area contributed by atoms with Crippen LogP contribution < -0.4 is 11.1 Å². The van der Waals surface area contributed by atoms with Gasteiger partial charge in [0, 0.05) is 11.6 Å². The zero-order chi connectivity index (χ0) is 15.4. The molecule has 1 aliphatic rings. The number of rotatable bonds is 4. The lowest BCUT2D eigenvalue weighted by molar-refractivity contribution is -0.121. The smallest absolute Gasteiger partial charge is 0.241 e. The molecule has 4 N–H and O–H groups in total. The van der Waals surface area contributed by atoms with Crippen LogP contribution in [0.1, 0.15) is 19.8 Å². The summed E-state index contributed by atoms with van der Waals surface area (Å²) in [5.41, 5.74) is 6.89. The number of nitrogen functional groups attached to an aromatic ring is 1. The first-order valence-electron chi connectivity index (χ1n) is 7.22. The van der Waals surface area contributed by atoms with Crippen LogP contribution in [-0.2, 0) is 4.79 Å². The number of aliphatic hydroxyl groups excluding tert-OH is 1. The number of hydrogen-bond acceptors (Lipinski definition) is 4. The van der Waals surface area contributed by atoms with Crippen LogP contribution in [-0.4, -0.2) is 41.7 Å². The van der Waals surface area contributed by atoms with Crippen molar-refractivity contribution in [2.75, 3.05) is 30.7 Å². The summed E-state index contributed by atoms with van der Waals surface area (Å²) in [5.74, 6) is 0.287. The summed E-state index contributed by atoms with van der Waals surface area (Å²) >= 11 is 5.84. The van der Waals surface area contributed by atoms with Crippen molar-refractivity contribution in [3.63, 3.8) is 0 Å². The molecule has 0 aromatic heterocycles. The fraction of sp³-hybridized carbons (Fsp3) is 0.533. The molecule has 1 amide bonds. The minimum Gasteiger partial charge on any atom is -0.397 e. The van der Waals surface area contributed by atoms with Crippen LogP contribution in [0.2, 0.25) is 5.02 Å². The van der Waals surface area contributed by atoms with E-state index < -0.39 is 0 Å². The number of nitrogens with zero attached hydrogens (tertiary/aromatic N) is 1. The van der Waals surface area contributed by atoms with Crippen molar-refractivity contribution < 1.29 is 9.90 Å². The highest BCUT2D eigenvalue weighted by atomic mass is 35.5. The van der Waals surface area contributed by atoms with Gasteiger partial charge in [0.05, 0.1) is 17.4 Å². The van der Waals surface area contributed by atoms with E-state index in [1.165, 1.54) is 0 Å². The van der Waals surface area contributed by atoms with E-state index in [1.807, 2.05) is 6.92 Å². The van der Waals surface area contributed by atoms with E-state index in [4.69, 9.17) is 22.4 Å². The van der Waals surface area contributed by atoms with Gasteiger partial charge in [0.2, 0.25) is 5.91 Å². The maximum atomic E-state index is 12.3. The van der Waals surface area contributed by atoms with Gasteiger partial charge in [-0.25, -0.2) is 0 Å². The minimum absolute atomic E-state index is 0.0773. The summed E-state index contributed by atoms with van der Waals surface area (Å²) in [7, 11) is 0. The van der Waals surface area contributed by atoms with Crippen molar-refractivity contribution in [2.45, 2.75) is 25.8 Å². The molecule has 0 aliphatic carbocycles. The summed E-state index contributed by atoms with van der Waals surface area (Å²) in [6, 6.07) is 4.81. The van der Waals surface area contributed by atoms with E-state index in [0.717, 1.165) is 25.9 Å². The molecule has 1 heterocycles. The van der Waals surface area contributed by atoms with Crippen LogP contribution >= 0.6 is 11.6 Å². The fourth-order valence-electron chi connectivity index (χ4n) is 2.57. The van der Waals surface area contributed by atoms with E-state index in [1.54, 1.807) is 18.2 Å². The zero-order valence-electron chi connectivity index (χ0n) is 12.2. The third kappa shape index (κ3) is 4.09. The lowest BCUT2D eigenvalue weighted by atomic mass is 9.97. The van der Waals surface area contributed by atoms with Crippen molar-refractivity contribution in [2.24, 2.45) is 5.92 Å². The number of anilines is 2. The molecule has 1 atom stereocenters. The Morgan fingerprint density at radius 2 is 2.19 bits per heavy atom. The van der Waals surface area contributed by atoms with Crippen LogP contribution in [0.25, 0.3) is 0 Å². The minimum atomic E-state index is -0.222.